The van der Waals surface area contributed by atoms with Gasteiger partial charge in [-0.1, -0.05) is 24.3 Å². The number of nitrogens with zero attached hydrogens (tertiary/aromatic N) is 3. The molecule has 42 heavy (non-hydrogen) atoms. The van der Waals surface area contributed by atoms with Crippen LogP contribution in [0.4, 0.5) is 5.69 Å². The highest BCUT2D eigenvalue weighted by Crippen LogP contribution is 2.58. The molecule has 0 unspecified atom stereocenters. The van der Waals surface area contributed by atoms with Crippen LogP contribution in [-0.4, -0.2) is 35.4 Å². The number of carbonyl (C=O) groups is 1. The van der Waals surface area contributed by atoms with E-state index in [1.165, 1.54) is 62.5 Å². The van der Waals surface area contributed by atoms with Gasteiger partial charge < -0.3 is 15.4 Å². The van der Waals surface area contributed by atoms with Gasteiger partial charge in [-0.2, -0.15) is 5.10 Å². The SMILES string of the molecule is COc1ccc(C23CCC(CN(C(=O)C4CCC(N)CC4)c4cccc(-c5cnn(C6CC6)c5)c4)(CC2)CC3)cc1C. The van der Waals surface area contributed by atoms with Crippen molar-refractivity contribution in [1.29, 1.82) is 0 Å². The van der Waals surface area contributed by atoms with E-state index in [-0.39, 0.29) is 22.8 Å². The van der Waals surface area contributed by atoms with Gasteiger partial charge in [0.1, 0.15) is 5.75 Å². The van der Waals surface area contributed by atoms with Crippen molar-refractivity contribution in [3.8, 4) is 16.9 Å². The van der Waals surface area contributed by atoms with Gasteiger partial charge in [0.15, 0.2) is 0 Å². The topological polar surface area (TPSA) is 73.4 Å². The largest absolute Gasteiger partial charge is 0.496 e. The van der Waals surface area contributed by atoms with Crippen LogP contribution in [0.15, 0.2) is 54.9 Å². The predicted molar refractivity (Wildman–Crippen MR) is 168 cm³/mol. The molecule has 0 radical (unpaired) electrons. The maximum absolute atomic E-state index is 14.3. The lowest BCUT2D eigenvalue weighted by atomic mass is 9.51. The molecule has 5 aliphatic rings. The van der Waals surface area contributed by atoms with Crippen molar-refractivity contribution in [3.05, 3.63) is 66.0 Å². The molecule has 0 saturated heterocycles. The van der Waals surface area contributed by atoms with E-state index < -0.39 is 0 Å². The van der Waals surface area contributed by atoms with Crippen LogP contribution in [0.3, 0.4) is 0 Å². The third-order valence-corrected chi connectivity index (χ3v) is 11.3. The maximum atomic E-state index is 14.3. The third kappa shape index (κ3) is 5.16. The first-order chi connectivity index (χ1) is 20.4. The Balaban J connectivity index is 1.15. The molecule has 6 heteroatoms. The van der Waals surface area contributed by atoms with Crippen molar-refractivity contribution >= 4 is 11.6 Å². The fraction of sp³-hybridized carbons (Fsp3) is 0.556. The Labute approximate surface area is 250 Å². The number of ether oxygens (including phenoxy) is 1. The van der Waals surface area contributed by atoms with Gasteiger partial charge in [-0.25, -0.2) is 0 Å². The standard InChI is InChI=1S/C36H46N4O2/c1-25-20-29(8-13-33(25)42-2)36-17-14-35(15-18-36,16-19-36)24-39(34(41)26-6-9-30(37)10-7-26)32-5-3-4-27(21-32)28-22-38-40(23-28)31-11-12-31/h3-5,8,13,20-23,26,30-31H,6-7,9-12,14-19,24,37H2,1-2H3. The molecule has 2 N–H and O–H groups in total. The van der Waals surface area contributed by atoms with Crippen molar-refractivity contribution in [2.24, 2.45) is 17.1 Å². The van der Waals surface area contributed by atoms with Crippen LogP contribution in [0, 0.1) is 18.3 Å². The number of methoxy groups -OCH3 is 1. The van der Waals surface area contributed by atoms with E-state index in [9.17, 15) is 4.79 Å². The van der Waals surface area contributed by atoms with Crippen LogP contribution >= 0.6 is 0 Å². The summed E-state index contributed by atoms with van der Waals surface area (Å²) in [6.45, 7) is 2.97. The fourth-order valence-electron chi connectivity index (χ4n) is 8.24. The highest BCUT2D eigenvalue weighted by Gasteiger charge is 2.50. The van der Waals surface area contributed by atoms with Gasteiger partial charge in [0.25, 0.3) is 0 Å². The molecule has 5 aliphatic carbocycles. The smallest absolute Gasteiger partial charge is 0.230 e. The summed E-state index contributed by atoms with van der Waals surface area (Å²) in [5.74, 6) is 1.34. The van der Waals surface area contributed by atoms with Gasteiger partial charge in [0.2, 0.25) is 5.91 Å². The average Bonchev–Trinajstić information content (AvgIpc) is 3.76. The molecule has 0 atom stereocenters. The monoisotopic (exact) mass is 566 g/mol. The molecule has 5 saturated carbocycles. The number of hydrogen-bond donors (Lipinski definition) is 1. The molecule has 3 aromatic rings. The van der Waals surface area contributed by atoms with Crippen molar-refractivity contribution < 1.29 is 9.53 Å². The van der Waals surface area contributed by atoms with Crippen LogP contribution in [0.1, 0.15) is 94.2 Å². The Bertz CT molecular complexity index is 1420. The Morgan fingerprint density at radius 1 is 0.976 bits per heavy atom. The number of amides is 1. The van der Waals surface area contributed by atoms with Crippen LogP contribution in [0.25, 0.3) is 11.1 Å². The zero-order valence-corrected chi connectivity index (χ0v) is 25.4. The van der Waals surface area contributed by atoms with Gasteiger partial charge in [0.05, 0.1) is 19.3 Å². The Kier molecular flexibility index (Phi) is 7.16. The lowest BCUT2D eigenvalue weighted by Gasteiger charge is -2.55. The number of rotatable bonds is 8. The van der Waals surface area contributed by atoms with Crippen LogP contribution in [0.5, 0.6) is 5.75 Å². The normalized spacial score (nSPS) is 28.9. The highest BCUT2D eigenvalue weighted by molar-refractivity contribution is 5.96. The number of hydrogen-bond acceptors (Lipinski definition) is 4. The van der Waals surface area contributed by atoms with Crippen LogP contribution < -0.4 is 15.4 Å². The molecule has 222 valence electrons. The van der Waals surface area contributed by atoms with Crippen LogP contribution in [-0.2, 0) is 10.2 Å². The first-order valence-corrected chi connectivity index (χ1v) is 16.2. The van der Waals surface area contributed by atoms with Gasteiger partial charge in [0, 0.05) is 36.0 Å². The van der Waals surface area contributed by atoms with E-state index in [1.54, 1.807) is 7.11 Å². The summed E-state index contributed by atoms with van der Waals surface area (Å²) < 4.78 is 7.65. The molecule has 1 aromatic heterocycles. The second-order valence-electron chi connectivity index (χ2n) is 14.0. The second kappa shape index (κ2) is 10.9. The van der Waals surface area contributed by atoms with Gasteiger partial charge >= 0.3 is 0 Å². The lowest BCUT2D eigenvalue weighted by molar-refractivity contribution is -0.124. The van der Waals surface area contributed by atoms with Crippen molar-refractivity contribution in [2.75, 3.05) is 18.6 Å². The summed E-state index contributed by atoms with van der Waals surface area (Å²) in [6, 6.07) is 16.2. The Morgan fingerprint density at radius 2 is 1.71 bits per heavy atom. The molecule has 0 spiro atoms. The zero-order chi connectivity index (χ0) is 28.9. The minimum absolute atomic E-state index is 0.0658. The summed E-state index contributed by atoms with van der Waals surface area (Å²) >= 11 is 0. The van der Waals surface area contributed by atoms with Crippen molar-refractivity contribution in [1.82, 2.24) is 9.78 Å². The zero-order valence-electron chi connectivity index (χ0n) is 25.4. The van der Waals surface area contributed by atoms with E-state index >= 15 is 0 Å². The number of anilines is 1. The third-order valence-electron chi connectivity index (χ3n) is 11.3. The minimum atomic E-state index is 0.0658. The summed E-state index contributed by atoms with van der Waals surface area (Å²) in [4.78, 5) is 16.5. The fourth-order valence-corrected chi connectivity index (χ4v) is 8.24. The second-order valence-corrected chi connectivity index (χ2v) is 14.0. The molecule has 1 amide bonds. The Hall–Kier alpha value is -3.12. The first kappa shape index (κ1) is 27.7. The molecular weight excluding hydrogens is 520 g/mol. The average molecular weight is 567 g/mol. The van der Waals surface area contributed by atoms with Gasteiger partial charge in [-0.3, -0.25) is 9.48 Å². The van der Waals surface area contributed by atoms with Crippen molar-refractivity contribution in [3.63, 3.8) is 0 Å². The number of carbonyl (C=O) groups excluding carboxylic acids is 1. The van der Waals surface area contributed by atoms with E-state index in [1.807, 2.05) is 6.20 Å². The lowest BCUT2D eigenvalue weighted by Crippen LogP contribution is -2.52. The summed E-state index contributed by atoms with van der Waals surface area (Å²) in [7, 11) is 1.75. The molecule has 1 heterocycles. The minimum Gasteiger partial charge on any atom is -0.496 e. The molecular formula is C36H46N4O2. The predicted octanol–water partition coefficient (Wildman–Crippen LogP) is 7.34. The van der Waals surface area contributed by atoms with E-state index in [4.69, 9.17) is 10.5 Å². The van der Waals surface area contributed by atoms with Gasteiger partial charge in [-0.05, 0) is 130 Å². The Morgan fingerprint density at radius 3 is 2.38 bits per heavy atom. The van der Waals surface area contributed by atoms with E-state index in [0.29, 0.717) is 11.9 Å². The first-order valence-electron chi connectivity index (χ1n) is 16.2. The number of nitrogens with two attached hydrogens (primary N) is 1. The number of aryl methyl sites for hydroxylation is 1. The molecule has 5 fully saturated rings. The molecule has 0 aliphatic heterocycles. The quantitative estimate of drug-likeness (QED) is 0.310. The molecule has 2 aromatic carbocycles. The number of aromatic nitrogens is 2. The number of fused-ring (bicyclic) bond motifs is 3. The van der Waals surface area contributed by atoms with Crippen LogP contribution in [0.2, 0.25) is 0 Å². The van der Waals surface area contributed by atoms with E-state index in [0.717, 1.165) is 54.8 Å². The highest BCUT2D eigenvalue weighted by atomic mass is 16.5. The van der Waals surface area contributed by atoms with Crippen molar-refractivity contribution in [2.45, 2.75) is 101 Å². The summed E-state index contributed by atoms with van der Waals surface area (Å²) in [5.41, 5.74) is 12.7. The van der Waals surface area contributed by atoms with E-state index in [2.05, 4.69) is 70.3 Å². The summed E-state index contributed by atoms with van der Waals surface area (Å²) in [5, 5.41) is 4.63. The number of benzene rings is 2. The molecule has 2 bridgehead atoms. The molecule has 8 rings (SSSR count). The summed E-state index contributed by atoms with van der Waals surface area (Å²) in [6.07, 6.45) is 17.4. The maximum Gasteiger partial charge on any atom is 0.230 e. The molecule has 6 nitrogen and oxygen atoms in total. The van der Waals surface area contributed by atoms with Gasteiger partial charge in [-0.15, -0.1) is 0 Å².